The number of anilines is 1. The predicted octanol–water partition coefficient (Wildman–Crippen LogP) is 1.15. The summed E-state index contributed by atoms with van der Waals surface area (Å²) in [4.78, 5) is 11.4. The fourth-order valence-electron chi connectivity index (χ4n) is 1.46. The summed E-state index contributed by atoms with van der Waals surface area (Å²) in [7, 11) is 1.25. The fourth-order valence-corrected chi connectivity index (χ4v) is 1.46. The molecule has 6 heteroatoms. The lowest BCUT2D eigenvalue weighted by Crippen LogP contribution is -2.01. The normalized spacial score (nSPS) is 10.2. The number of carbonyl (C=O) groups excluding carboxylic acids is 1. The highest BCUT2D eigenvalue weighted by atomic mass is 16.5. The highest BCUT2D eigenvalue weighted by Crippen LogP contribution is 2.25. The van der Waals surface area contributed by atoms with Gasteiger partial charge in [-0.15, -0.1) is 0 Å². The highest BCUT2D eigenvalue weighted by molar-refractivity contribution is 5.93. The van der Waals surface area contributed by atoms with Crippen LogP contribution in [0.1, 0.15) is 10.4 Å². The van der Waals surface area contributed by atoms with E-state index in [0.29, 0.717) is 17.1 Å². The van der Waals surface area contributed by atoms with Crippen molar-refractivity contribution in [2.45, 2.75) is 0 Å². The molecule has 1 aromatic heterocycles. The molecule has 0 radical (unpaired) electrons. The molecule has 4 N–H and O–H groups in total. The Balaban J connectivity index is 2.47. The summed E-state index contributed by atoms with van der Waals surface area (Å²) in [6.07, 6.45) is 0. The smallest absolute Gasteiger partial charge is 0.341 e. The van der Waals surface area contributed by atoms with Gasteiger partial charge in [0.15, 0.2) is 0 Å². The standard InChI is InChI=1S/C11H11N3O3/c1-17-11(16)7-4-6(2-3-9(7)15)8-5-10(12)14-13-8/h2-5,15H,1H3,(H3,12,13,14). The lowest BCUT2D eigenvalue weighted by Gasteiger charge is -2.04. The molecule has 0 unspecified atom stereocenters. The summed E-state index contributed by atoms with van der Waals surface area (Å²) in [5.74, 6) is -0.377. The van der Waals surface area contributed by atoms with Gasteiger partial charge in [-0.05, 0) is 18.2 Å². The largest absolute Gasteiger partial charge is 0.507 e. The summed E-state index contributed by atoms with van der Waals surface area (Å²) >= 11 is 0. The molecule has 1 aromatic carbocycles. The number of carbonyl (C=O) groups is 1. The van der Waals surface area contributed by atoms with Gasteiger partial charge in [-0.3, -0.25) is 5.10 Å². The molecule has 0 fully saturated rings. The molecule has 0 atom stereocenters. The molecule has 88 valence electrons. The maximum Gasteiger partial charge on any atom is 0.341 e. The van der Waals surface area contributed by atoms with Crippen molar-refractivity contribution in [1.29, 1.82) is 0 Å². The van der Waals surface area contributed by atoms with E-state index in [4.69, 9.17) is 5.73 Å². The van der Waals surface area contributed by atoms with Gasteiger partial charge in [0.2, 0.25) is 0 Å². The first-order valence-electron chi connectivity index (χ1n) is 4.84. The van der Waals surface area contributed by atoms with Crippen molar-refractivity contribution in [1.82, 2.24) is 10.2 Å². The molecule has 0 bridgehead atoms. The van der Waals surface area contributed by atoms with Gasteiger partial charge < -0.3 is 15.6 Å². The number of phenols is 1. The van der Waals surface area contributed by atoms with E-state index in [-0.39, 0.29) is 11.3 Å². The van der Waals surface area contributed by atoms with Crippen LogP contribution in [0.5, 0.6) is 5.75 Å². The number of nitrogens with zero attached hydrogens (tertiary/aromatic N) is 1. The van der Waals surface area contributed by atoms with Crippen LogP contribution >= 0.6 is 0 Å². The van der Waals surface area contributed by atoms with E-state index in [1.54, 1.807) is 12.1 Å². The Hall–Kier alpha value is -2.50. The number of H-pyrrole nitrogens is 1. The van der Waals surface area contributed by atoms with Crippen LogP contribution in [-0.4, -0.2) is 28.4 Å². The summed E-state index contributed by atoms with van der Waals surface area (Å²) in [6.45, 7) is 0. The number of nitrogens with two attached hydrogens (primary N) is 1. The van der Waals surface area contributed by atoms with Crippen molar-refractivity contribution in [3.63, 3.8) is 0 Å². The van der Waals surface area contributed by atoms with Crippen molar-refractivity contribution in [3.05, 3.63) is 29.8 Å². The number of hydrogen-bond acceptors (Lipinski definition) is 5. The van der Waals surface area contributed by atoms with Crippen molar-refractivity contribution in [3.8, 4) is 17.0 Å². The molecule has 1 heterocycles. The molecule has 0 saturated carbocycles. The number of methoxy groups -OCH3 is 1. The zero-order chi connectivity index (χ0) is 12.4. The third kappa shape index (κ3) is 2.05. The fraction of sp³-hybridized carbons (Fsp3) is 0.0909. The zero-order valence-corrected chi connectivity index (χ0v) is 9.10. The van der Waals surface area contributed by atoms with Crippen LogP contribution in [0.4, 0.5) is 5.82 Å². The molecule has 17 heavy (non-hydrogen) atoms. The topological polar surface area (TPSA) is 101 Å². The first-order valence-corrected chi connectivity index (χ1v) is 4.84. The molecule has 0 aliphatic heterocycles. The molecule has 0 aliphatic carbocycles. The number of ether oxygens (including phenoxy) is 1. The van der Waals surface area contributed by atoms with Crippen molar-refractivity contribution >= 4 is 11.8 Å². The Morgan fingerprint density at radius 1 is 1.47 bits per heavy atom. The summed E-state index contributed by atoms with van der Waals surface area (Å²) in [5, 5.41) is 16.0. The number of phenolic OH excluding ortho intramolecular Hbond substituents is 1. The van der Waals surface area contributed by atoms with Gasteiger partial charge >= 0.3 is 5.97 Å². The number of hydrogen-bond donors (Lipinski definition) is 3. The molecular weight excluding hydrogens is 222 g/mol. The van der Waals surface area contributed by atoms with Gasteiger partial charge in [-0.2, -0.15) is 5.10 Å². The van der Waals surface area contributed by atoms with Crippen LogP contribution < -0.4 is 5.73 Å². The van der Waals surface area contributed by atoms with Crippen molar-refractivity contribution in [2.24, 2.45) is 0 Å². The summed E-state index contributed by atoms with van der Waals surface area (Å²) < 4.78 is 4.56. The van der Waals surface area contributed by atoms with Crippen LogP contribution in [-0.2, 0) is 4.74 Å². The van der Waals surface area contributed by atoms with Gasteiger partial charge in [0.25, 0.3) is 0 Å². The van der Waals surface area contributed by atoms with Crippen LogP contribution in [0, 0.1) is 0 Å². The van der Waals surface area contributed by atoms with Gasteiger partial charge in [-0.1, -0.05) is 0 Å². The van der Waals surface area contributed by atoms with E-state index in [1.165, 1.54) is 19.2 Å². The molecule has 2 aromatic rings. The zero-order valence-electron chi connectivity index (χ0n) is 9.10. The number of nitrogens with one attached hydrogen (secondary N) is 1. The number of rotatable bonds is 2. The number of aromatic hydroxyl groups is 1. The van der Waals surface area contributed by atoms with E-state index in [9.17, 15) is 9.90 Å². The molecule has 0 amide bonds. The summed E-state index contributed by atoms with van der Waals surface area (Å²) in [5.41, 5.74) is 6.93. The number of aromatic nitrogens is 2. The van der Waals surface area contributed by atoms with E-state index in [0.717, 1.165) is 0 Å². The minimum atomic E-state index is -0.600. The SMILES string of the molecule is COC(=O)c1cc(-c2cc(N)n[nH]2)ccc1O. The third-order valence-electron chi connectivity index (χ3n) is 2.31. The molecular formula is C11H11N3O3. The number of aromatic amines is 1. The van der Waals surface area contributed by atoms with Gasteiger partial charge in [-0.25, -0.2) is 4.79 Å². The monoisotopic (exact) mass is 233 g/mol. The van der Waals surface area contributed by atoms with Gasteiger partial charge in [0, 0.05) is 11.6 Å². The number of benzene rings is 1. The number of nitrogen functional groups attached to an aromatic ring is 1. The Morgan fingerprint density at radius 3 is 2.82 bits per heavy atom. The van der Waals surface area contributed by atoms with Crippen LogP contribution in [0.25, 0.3) is 11.3 Å². The number of esters is 1. The van der Waals surface area contributed by atoms with Crippen LogP contribution in [0.15, 0.2) is 24.3 Å². The van der Waals surface area contributed by atoms with E-state index in [2.05, 4.69) is 14.9 Å². The third-order valence-corrected chi connectivity index (χ3v) is 2.31. The maximum absolute atomic E-state index is 11.4. The Labute approximate surface area is 97.0 Å². The van der Waals surface area contributed by atoms with E-state index in [1.807, 2.05) is 0 Å². The first kappa shape index (κ1) is 11.0. The Morgan fingerprint density at radius 2 is 2.24 bits per heavy atom. The lowest BCUT2D eigenvalue weighted by atomic mass is 10.1. The van der Waals surface area contributed by atoms with Gasteiger partial charge in [0.05, 0.1) is 12.8 Å². The van der Waals surface area contributed by atoms with Crippen LogP contribution in [0.2, 0.25) is 0 Å². The Bertz CT molecular complexity index is 563. The minimum absolute atomic E-state index is 0.0955. The van der Waals surface area contributed by atoms with Crippen molar-refractivity contribution in [2.75, 3.05) is 12.8 Å². The van der Waals surface area contributed by atoms with Gasteiger partial charge in [0.1, 0.15) is 17.1 Å². The second-order valence-corrected chi connectivity index (χ2v) is 3.43. The van der Waals surface area contributed by atoms with E-state index < -0.39 is 5.97 Å². The first-order chi connectivity index (χ1) is 8.11. The second-order valence-electron chi connectivity index (χ2n) is 3.43. The van der Waals surface area contributed by atoms with Crippen molar-refractivity contribution < 1.29 is 14.6 Å². The Kier molecular flexibility index (Phi) is 2.70. The summed E-state index contributed by atoms with van der Waals surface area (Å²) in [6, 6.07) is 6.20. The quantitative estimate of drug-likeness (QED) is 0.675. The molecule has 0 saturated heterocycles. The average molecular weight is 233 g/mol. The maximum atomic E-state index is 11.4. The second kappa shape index (κ2) is 4.17. The molecule has 2 rings (SSSR count). The molecule has 0 aliphatic rings. The lowest BCUT2D eigenvalue weighted by molar-refractivity contribution is 0.0597. The van der Waals surface area contributed by atoms with Crippen LogP contribution in [0.3, 0.4) is 0 Å². The minimum Gasteiger partial charge on any atom is -0.507 e. The van der Waals surface area contributed by atoms with E-state index >= 15 is 0 Å². The molecule has 6 nitrogen and oxygen atoms in total. The highest BCUT2D eigenvalue weighted by Gasteiger charge is 2.13. The average Bonchev–Trinajstić information content (AvgIpc) is 2.75. The molecule has 0 spiro atoms. The predicted molar refractivity (Wildman–Crippen MR) is 61.4 cm³/mol.